The van der Waals surface area contributed by atoms with E-state index in [0.717, 1.165) is 5.56 Å². The number of nitrogens with one attached hydrogen (secondary N) is 2. The number of nitrogens with two attached hydrogens (primary N) is 1. The van der Waals surface area contributed by atoms with Crippen LogP contribution in [0, 0.1) is 0 Å². The van der Waals surface area contributed by atoms with E-state index < -0.39 is 24.0 Å². The van der Waals surface area contributed by atoms with Crippen LogP contribution in [0.4, 0.5) is 4.79 Å². The standard InChI is InChI=1S/C22H24N4O7/c23-25-19(27)13-32-16-6-7-17-15(10-16)8-9-26(20(17)28)11-18(21(29)30)24-22(31)33-12-14-4-2-1-3-5-14/h1-7,10,18H,8-9,11-13,23H2,(H,24,31)(H,25,27)(H,29,30). The predicted molar refractivity (Wildman–Crippen MR) is 115 cm³/mol. The van der Waals surface area contributed by atoms with E-state index >= 15 is 0 Å². The van der Waals surface area contributed by atoms with Gasteiger partial charge < -0.3 is 24.8 Å². The number of amides is 3. The van der Waals surface area contributed by atoms with Crippen LogP contribution in [-0.4, -0.2) is 59.6 Å². The number of carboxylic acid groups (broad SMARTS) is 1. The summed E-state index contributed by atoms with van der Waals surface area (Å²) in [5, 5.41) is 11.8. The number of alkyl carbamates (subject to hydrolysis) is 1. The molecule has 0 saturated heterocycles. The molecular formula is C22H24N4O7. The maximum absolute atomic E-state index is 12.9. The highest BCUT2D eigenvalue weighted by molar-refractivity contribution is 5.97. The Morgan fingerprint density at radius 3 is 2.61 bits per heavy atom. The van der Waals surface area contributed by atoms with Crippen LogP contribution in [0.3, 0.4) is 0 Å². The first-order valence-electron chi connectivity index (χ1n) is 10.1. The van der Waals surface area contributed by atoms with Gasteiger partial charge in [0, 0.05) is 12.1 Å². The monoisotopic (exact) mass is 456 g/mol. The normalized spacial score (nSPS) is 13.5. The Labute approximate surface area is 189 Å². The average Bonchev–Trinajstić information content (AvgIpc) is 2.82. The molecule has 0 aliphatic carbocycles. The maximum atomic E-state index is 12.9. The maximum Gasteiger partial charge on any atom is 0.408 e. The highest BCUT2D eigenvalue weighted by Crippen LogP contribution is 2.24. The van der Waals surface area contributed by atoms with Crippen LogP contribution in [0.25, 0.3) is 0 Å². The summed E-state index contributed by atoms with van der Waals surface area (Å²) in [6.45, 7) is -0.236. The minimum Gasteiger partial charge on any atom is -0.484 e. The molecule has 3 rings (SSSR count). The third-order valence-corrected chi connectivity index (χ3v) is 4.98. The fourth-order valence-electron chi connectivity index (χ4n) is 3.28. The molecule has 1 atom stereocenters. The zero-order valence-corrected chi connectivity index (χ0v) is 17.7. The first kappa shape index (κ1) is 23.5. The molecule has 2 aromatic rings. The molecule has 1 heterocycles. The van der Waals surface area contributed by atoms with Crippen molar-refractivity contribution >= 4 is 23.9 Å². The largest absolute Gasteiger partial charge is 0.484 e. The van der Waals surface area contributed by atoms with Crippen LogP contribution >= 0.6 is 0 Å². The lowest BCUT2D eigenvalue weighted by Crippen LogP contribution is -2.51. The predicted octanol–water partition coefficient (Wildman–Crippen LogP) is 0.433. The fraction of sp³-hybridized carbons (Fsp3) is 0.273. The van der Waals surface area contributed by atoms with Crippen LogP contribution in [0.1, 0.15) is 21.5 Å². The lowest BCUT2D eigenvalue weighted by Gasteiger charge is -2.31. The number of hydrazine groups is 1. The van der Waals surface area contributed by atoms with Crippen molar-refractivity contribution in [2.75, 3.05) is 19.7 Å². The number of aliphatic carboxylic acids is 1. The highest BCUT2D eigenvalue weighted by Gasteiger charge is 2.30. The summed E-state index contributed by atoms with van der Waals surface area (Å²) in [4.78, 5) is 49.2. The molecule has 1 aliphatic heterocycles. The molecule has 33 heavy (non-hydrogen) atoms. The van der Waals surface area contributed by atoms with Gasteiger partial charge in [0.1, 0.15) is 18.4 Å². The van der Waals surface area contributed by atoms with Crippen LogP contribution in [0.2, 0.25) is 0 Å². The molecule has 5 N–H and O–H groups in total. The number of carboxylic acids is 1. The lowest BCUT2D eigenvalue weighted by molar-refractivity contribution is -0.139. The van der Waals surface area contributed by atoms with Crippen molar-refractivity contribution in [3.63, 3.8) is 0 Å². The first-order chi connectivity index (χ1) is 15.9. The summed E-state index contributed by atoms with van der Waals surface area (Å²) in [7, 11) is 0. The first-order valence-corrected chi connectivity index (χ1v) is 10.1. The van der Waals surface area contributed by atoms with E-state index in [1.165, 1.54) is 11.0 Å². The van der Waals surface area contributed by atoms with Crippen molar-refractivity contribution in [1.29, 1.82) is 0 Å². The summed E-state index contributed by atoms with van der Waals surface area (Å²) in [6.07, 6.45) is -0.439. The second kappa shape index (κ2) is 11.0. The summed E-state index contributed by atoms with van der Waals surface area (Å²) in [6, 6.07) is 12.4. The summed E-state index contributed by atoms with van der Waals surface area (Å²) in [5.41, 5.74) is 3.82. The molecule has 0 radical (unpaired) electrons. The van der Waals surface area contributed by atoms with Gasteiger partial charge in [-0.2, -0.15) is 0 Å². The van der Waals surface area contributed by atoms with Crippen LogP contribution < -0.4 is 21.3 Å². The molecule has 0 saturated carbocycles. The molecule has 1 unspecified atom stereocenters. The van der Waals surface area contributed by atoms with Gasteiger partial charge in [0.15, 0.2) is 6.61 Å². The number of ether oxygens (including phenoxy) is 2. The number of nitrogens with zero attached hydrogens (tertiary/aromatic N) is 1. The Bertz CT molecular complexity index is 1030. The van der Waals surface area contributed by atoms with E-state index in [1.807, 2.05) is 11.5 Å². The Hall–Kier alpha value is -4.12. The Morgan fingerprint density at radius 2 is 1.91 bits per heavy atom. The minimum atomic E-state index is -1.34. The summed E-state index contributed by atoms with van der Waals surface area (Å²) >= 11 is 0. The smallest absolute Gasteiger partial charge is 0.408 e. The van der Waals surface area contributed by atoms with Crippen LogP contribution in [-0.2, 0) is 27.4 Å². The third kappa shape index (κ3) is 6.43. The van der Waals surface area contributed by atoms with Gasteiger partial charge >= 0.3 is 12.1 Å². The van der Waals surface area contributed by atoms with Gasteiger partial charge in [-0.05, 0) is 35.7 Å². The molecular weight excluding hydrogens is 432 g/mol. The number of fused-ring (bicyclic) bond motifs is 1. The van der Waals surface area contributed by atoms with Crippen molar-refractivity contribution in [2.24, 2.45) is 5.84 Å². The van der Waals surface area contributed by atoms with Crippen molar-refractivity contribution < 1.29 is 33.8 Å². The molecule has 0 spiro atoms. The lowest BCUT2D eigenvalue weighted by atomic mass is 9.98. The molecule has 0 aromatic heterocycles. The fourth-order valence-corrected chi connectivity index (χ4v) is 3.28. The molecule has 0 fully saturated rings. The number of hydrogen-bond donors (Lipinski definition) is 4. The van der Waals surface area contributed by atoms with Crippen molar-refractivity contribution in [2.45, 2.75) is 19.1 Å². The highest BCUT2D eigenvalue weighted by atomic mass is 16.5. The van der Waals surface area contributed by atoms with E-state index in [9.17, 15) is 24.3 Å². The van der Waals surface area contributed by atoms with Gasteiger partial charge in [-0.3, -0.25) is 15.0 Å². The van der Waals surface area contributed by atoms with Gasteiger partial charge in [0.05, 0.1) is 6.54 Å². The summed E-state index contributed by atoms with van der Waals surface area (Å²) in [5.74, 6) is 3.27. The van der Waals surface area contributed by atoms with E-state index in [0.29, 0.717) is 23.3 Å². The number of benzene rings is 2. The Kier molecular flexibility index (Phi) is 7.82. The molecule has 3 amide bonds. The second-order valence-corrected chi connectivity index (χ2v) is 7.27. The zero-order chi connectivity index (χ0) is 23.8. The Balaban J connectivity index is 1.58. The second-order valence-electron chi connectivity index (χ2n) is 7.27. The quantitative estimate of drug-likeness (QED) is 0.240. The number of rotatable bonds is 9. The van der Waals surface area contributed by atoms with Crippen LogP contribution in [0.15, 0.2) is 48.5 Å². The van der Waals surface area contributed by atoms with E-state index in [-0.39, 0.29) is 32.2 Å². The zero-order valence-electron chi connectivity index (χ0n) is 17.7. The number of hydrogen-bond acceptors (Lipinski definition) is 7. The van der Waals surface area contributed by atoms with Crippen molar-refractivity contribution in [3.8, 4) is 5.75 Å². The number of carbonyl (C=O) groups excluding carboxylic acids is 3. The van der Waals surface area contributed by atoms with E-state index in [4.69, 9.17) is 15.3 Å². The minimum absolute atomic E-state index is 0.00756. The van der Waals surface area contributed by atoms with Gasteiger partial charge in [0.25, 0.3) is 11.8 Å². The molecule has 1 aliphatic rings. The topological polar surface area (TPSA) is 160 Å². The van der Waals surface area contributed by atoms with E-state index in [2.05, 4.69) is 5.32 Å². The average molecular weight is 456 g/mol. The van der Waals surface area contributed by atoms with Gasteiger partial charge in [-0.25, -0.2) is 15.4 Å². The van der Waals surface area contributed by atoms with Crippen molar-refractivity contribution in [3.05, 3.63) is 65.2 Å². The van der Waals surface area contributed by atoms with Gasteiger partial charge in [-0.1, -0.05) is 30.3 Å². The molecule has 11 nitrogen and oxygen atoms in total. The molecule has 2 aromatic carbocycles. The third-order valence-electron chi connectivity index (χ3n) is 4.98. The molecule has 174 valence electrons. The van der Waals surface area contributed by atoms with Gasteiger partial charge in [0.2, 0.25) is 0 Å². The van der Waals surface area contributed by atoms with Crippen molar-refractivity contribution in [1.82, 2.24) is 15.6 Å². The SMILES string of the molecule is NNC(=O)COc1ccc2c(c1)CCN(CC(NC(=O)OCc1ccccc1)C(=O)O)C2=O. The van der Waals surface area contributed by atoms with Crippen LogP contribution in [0.5, 0.6) is 5.75 Å². The molecule has 0 bridgehead atoms. The van der Waals surface area contributed by atoms with Gasteiger partial charge in [-0.15, -0.1) is 0 Å². The number of carbonyl (C=O) groups is 4. The van der Waals surface area contributed by atoms with E-state index in [1.54, 1.807) is 36.4 Å². The summed E-state index contributed by atoms with van der Waals surface area (Å²) < 4.78 is 10.4. The Morgan fingerprint density at radius 1 is 1.15 bits per heavy atom. The molecule has 11 heteroatoms.